The summed E-state index contributed by atoms with van der Waals surface area (Å²) in [5.41, 5.74) is 1.63. The highest BCUT2D eigenvalue weighted by molar-refractivity contribution is 6.30. The van der Waals surface area contributed by atoms with E-state index in [1.807, 2.05) is 12.1 Å². The van der Waals surface area contributed by atoms with Crippen LogP contribution in [0.15, 0.2) is 54.9 Å². The molecular weight excluding hydrogens is 368 g/mol. The van der Waals surface area contributed by atoms with Gasteiger partial charge in [0.15, 0.2) is 11.5 Å². The zero-order chi connectivity index (χ0) is 18.6. The molecule has 7 nitrogen and oxygen atoms in total. The SMILES string of the molecule is O=C(Nc1ccc2c(c1)OCCO2)c1cc(Nc2ccc(Cl)cc2)ncn1. The number of hydrogen-bond donors (Lipinski definition) is 2. The van der Waals surface area contributed by atoms with Gasteiger partial charge >= 0.3 is 0 Å². The lowest BCUT2D eigenvalue weighted by Gasteiger charge is -2.19. The fourth-order valence-corrected chi connectivity index (χ4v) is 2.67. The first-order chi connectivity index (χ1) is 13.2. The highest BCUT2D eigenvalue weighted by atomic mass is 35.5. The highest BCUT2D eigenvalue weighted by Gasteiger charge is 2.14. The molecule has 2 N–H and O–H groups in total. The quantitative estimate of drug-likeness (QED) is 0.711. The minimum Gasteiger partial charge on any atom is -0.486 e. The summed E-state index contributed by atoms with van der Waals surface area (Å²) in [6, 6.07) is 14.0. The molecule has 8 heteroatoms. The van der Waals surface area contributed by atoms with Gasteiger partial charge < -0.3 is 20.1 Å². The summed E-state index contributed by atoms with van der Waals surface area (Å²) < 4.78 is 11.0. The van der Waals surface area contributed by atoms with Crippen LogP contribution in [0.1, 0.15) is 10.5 Å². The molecule has 0 fully saturated rings. The van der Waals surface area contributed by atoms with Crippen molar-refractivity contribution >= 4 is 34.7 Å². The van der Waals surface area contributed by atoms with Gasteiger partial charge in [-0.3, -0.25) is 4.79 Å². The number of halogens is 1. The smallest absolute Gasteiger partial charge is 0.274 e. The number of hydrogen-bond acceptors (Lipinski definition) is 6. The van der Waals surface area contributed by atoms with Gasteiger partial charge in [0, 0.05) is 28.5 Å². The third-order valence-electron chi connectivity index (χ3n) is 3.82. The van der Waals surface area contributed by atoms with E-state index in [0.717, 1.165) is 5.69 Å². The van der Waals surface area contributed by atoms with Gasteiger partial charge in [-0.05, 0) is 36.4 Å². The third kappa shape index (κ3) is 4.09. The molecule has 0 saturated carbocycles. The van der Waals surface area contributed by atoms with Crippen LogP contribution in [0.5, 0.6) is 11.5 Å². The maximum Gasteiger partial charge on any atom is 0.274 e. The second-order valence-electron chi connectivity index (χ2n) is 5.73. The number of amides is 1. The fourth-order valence-electron chi connectivity index (χ4n) is 2.55. The Morgan fingerprint density at radius 1 is 0.926 bits per heavy atom. The number of nitrogens with one attached hydrogen (secondary N) is 2. The van der Waals surface area contributed by atoms with Crippen LogP contribution in [-0.2, 0) is 0 Å². The van der Waals surface area contributed by atoms with E-state index in [0.29, 0.717) is 41.2 Å². The zero-order valence-electron chi connectivity index (χ0n) is 14.1. The maximum atomic E-state index is 12.5. The Balaban J connectivity index is 1.48. The Hall–Kier alpha value is -3.32. The second kappa shape index (κ2) is 7.51. The summed E-state index contributed by atoms with van der Waals surface area (Å²) in [5.74, 6) is 1.41. The molecule has 2 heterocycles. The predicted molar refractivity (Wildman–Crippen MR) is 102 cm³/mol. The number of carbonyl (C=O) groups is 1. The summed E-state index contributed by atoms with van der Waals surface area (Å²) in [5, 5.41) is 6.54. The van der Waals surface area contributed by atoms with E-state index in [9.17, 15) is 4.79 Å². The molecule has 1 amide bonds. The first kappa shape index (κ1) is 17.1. The van der Waals surface area contributed by atoms with Gasteiger partial charge in [0.2, 0.25) is 0 Å². The Morgan fingerprint density at radius 3 is 2.48 bits per heavy atom. The van der Waals surface area contributed by atoms with Crippen molar-refractivity contribution in [2.24, 2.45) is 0 Å². The third-order valence-corrected chi connectivity index (χ3v) is 4.07. The van der Waals surface area contributed by atoms with Crippen molar-refractivity contribution in [1.82, 2.24) is 9.97 Å². The molecule has 4 rings (SSSR count). The molecule has 136 valence electrons. The average Bonchev–Trinajstić information content (AvgIpc) is 2.70. The van der Waals surface area contributed by atoms with E-state index in [2.05, 4.69) is 20.6 Å². The molecule has 0 radical (unpaired) electrons. The minimum absolute atomic E-state index is 0.233. The Bertz CT molecular complexity index is 979. The predicted octanol–water partition coefficient (Wildman–Crippen LogP) is 3.90. The Morgan fingerprint density at radius 2 is 1.67 bits per heavy atom. The standard InChI is InChI=1S/C19H15ClN4O3/c20-12-1-3-13(4-2-12)23-18-10-15(21-11-22-18)19(25)24-14-5-6-16-17(9-14)27-8-7-26-16/h1-6,9-11H,7-8H2,(H,24,25)(H,21,22,23). The molecule has 0 aliphatic carbocycles. The van der Waals surface area contributed by atoms with Crippen molar-refractivity contribution in [3.05, 3.63) is 65.6 Å². The lowest BCUT2D eigenvalue weighted by Crippen LogP contribution is -2.17. The van der Waals surface area contributed by atoms with Crippen molar-refractivity contribution < 1.29 is 14.3 Å². The molecule has 0 bridgehead atoms. The van der Waals surface area contributed by atoms with E-state index in [1.54, 1.807) is 36.4 Å². The molecule has 0 saturated heterocycles. The molecule has 0 spiro atoms. The fraction of sp³-hybridized carbons (Fsp3) is 0.105. The minimum atomic E-state index is -0.353. The van der Waals surface area contributed by atoms with Crippen molar-refractivity contribution in [1.29, 1.82) is 0 Å². The van der Waals surface area contributed by atoms with E-state index in [-0.39, 0.29) is 11.6 Å². The van der Waals surface area contributed by atoms with Crippen molar-refractivity contribution in [3.8, 4) is 11.5 Å². The monoisotopic (exact) mass is 382 g/mol. The summed E-state index contributed by atoms with van der Waals surface area (Å²) in [6.45, 7) is 0.999. The Kier molecular flexibility index (Phi) is 4.76. The normalized spacial score (nSPS) is 12.3. The van der Waals surface area contributed by atoms with Gasteiger partial charge in [0.1, 0.15) is 31.1 Å². The number of ether oxygens (including phenoxy) is 2. The van der Waals surface area contributed by atoms with Crippen LogP contribution in [-0.4, -0.2) is 29.1 Å². The molecule has 1 aliphatic heterocycles. The van der Waals surface area contributed by atoms with Gasteiger partial charge in [0.25, 0.3) is 5.91 Å². The maximum absolute atomic E-state index is 12.5. The number of rotatable bonds is 4. The van der Waals surface area contributed by atoms with E-state index < -0.39 is 0 Å². The number of carbonyl (C=O) groups excluding carboxylic acids is 1. The van der Waals surface area contributed by atoms with Gasteiger partial charge in [0.05, 0.1) is 0 Å². The largest absolute Gasteiger partial charge is 0.486 e. The number of nitrogens with zero attached hydrogens (tertiary/aromatic N) is 2. The van der Waals surface area contributed by atoms with Crippen molar-refractivity contribution in [3.63, 3.8) is 0 Å². The molecule has 0 atom stereocenters. The van der Waals surface area contributed by atoms with Crippen LogP contribution in [0.25, 0.3) is 0 Å². The van der Waals surface area contributed by atoms with Crippen molar-refractivity contribution in [2.75, 3.05) is 23.8 Å². The first-order valence-electron chi connectivity index (χ1n) is 8.23. The van der Waals surface area contributed by atoms with Crippen LogP contribution in [0.4, 0.5) is 17.2 Å². The molecule has 1 aromatic heterocycles. The van der Waals surface area contributed by atoms with E-state index in [4.69, 9.17) is 21.1 Å². The lowest BCUT2D eigenvalue weighted by molar-refractivity contribution is 0.102. The van der Waals surface area contributed by atoms with E-state index >= 15 is 0 Å². The molecule has 2 aromatic carbocycles. The molecule has 0 unspecified atom stereocenters. The van der Waals surface area contributed by atoms with Crippen LogP contribution in [0, 0.1) is 0 Å². The Labute approximate surface area is 160 Å². The number of benzene rings is 2. The van der Waals surface area contributed by atoms with Gasteiger partial charge in [-0.15, -0.1) is 0 Å². The highest BCUT2D eigenvalue weighted by Crippen LogP contribution is 2.32. The second-order valence-corrected chi connectivity index (χ2v) is 6.17. The van der Waals surface area contributed by atoms with Crippen LogP contribution in [0.2, 0.25) is 5.02 Å². The number of aromatic nitrogens is 2. The van der Waals surface area contributed by atoms with Gasteiger partial charge in [-0.2, -0.15) is 0 Å². The summed E-state index contributed by atoms with van der Waals surface area (Å²) in [7, 11) is 0. The van der Waals surface area contributed by atoms with Crippen LogP contribution >= 0.6 is 11.6 Å². The number of anilines is 3. The lowest BCUT2D eigenvalue weighted by atomic mass is 10.2. The van der Waals surface area contributed by atoms with Crippen molar-refractivity contribution in [2.45, 2.75) is 0 Å². The molecule has 27 heavy (non-hydrogen) atoms. The van der Waals surface area contributed by atoms with Gasteiger partial charge in [-0.1, -0.05) is 11.6 Å². The summed E-state index contributed by atoms with van der Waals surface area (Å²) in [4.78, 5) is 20.7. The summed E-state index contributed by atoms with van der Waals surface area (Å²) in [6.07, 6.45) is 1.33. The van der Waals surface area contributed by atoms with E-state index in [1.165, 1.54) is 6.33 Å². The number of fused-ring (bicyclic) bond motifs is 1. The molecular formula is C19H15ClN4O3. The molecule has 1 aliphatic rings. The van der Waals surface area contributed by atoms with Gasteiger partial charge in [-0.25, -0.2) is 9.97 Å². The van der Waals surface area contributed by atoms with Crippen LogP contribution in [0.3, 0.4) is 0 Å². The molecule has 3 aromatic rings. The first-order valence-corrected chi connectivity index (χ1v) is 8.61. The summed E-state index contributed by atoms with van der Waals surface area (Å²) >= 11 is 5.88. The average molecular weight is 383 g/mol. The zero-order valence-corrected chi connectivity index (χ0v) is 14.9. The topological polar surface area (TPSA) is 85.4 Å². The van der Waals surface area contributed by atoms with Crippen LogP contribution < -0.4 is 20.1 Å².